The zero-order chi connectivity index (χ0) is 16.0. The smallest absolute Gasteiger partial charge is 0.203 e. The number of para-hydroxylation sites is 2. The minimum atomic E-state index is -0.980. The van der Waals surface area contributed by atoms with Gasteiger partial charge in [-0.05, 0) is 26.0 Å². The minimum absolute atomic E-state index is 0.229. The molecule has 0 aliphatic carbocycles. The predicted molar refractivity (Wildman–Crippen MR) is 87.2 cm³/mol. The van der Waals surface area contributed by atoms with E-state index in [0.717, 1.165) is 23.5 Å². The third kappa shape index (κ3) is 2.37. The highest BCUT2D eigenvalue weighted by Gasteiger charge is 2.41. The second kappa shape index (κ2) is 5.06. The fourth-order valence-corrected chi connectivity index (χ4v) is 3.02. The van der Waals surface area contributed by atoms with Gasteiger partial charge in [0.25, 0.3) is 0 Å². The van der Waals surface area contributed by atoms with Crippen LogP contribution in [0.2, 0.25) is 0 Å². The number of aromatic amines is 1. The molecule has 2 aromatic heterocycles. The second-order valence-electron chi connectivity index (χ2n) is 6.46. The van der Waals surface area contributed by atoms with Crippen molar-refractivity contribution in [1.29, 1.82) is 0 Å². The van der Waals surface area contributed by atoms with Gasteiger partial charge in [-0.15, -0.1) is 5.10 Å². The lowest BCUT2D eigenvalue weighted by atomic mass is 10.00. The molecule has 1 aliphatic heterocycles. The molecule has 0 saturated carbocycles. The molecule has 0 amide bonds. The van der Waals surface area contributed by atoms with E-state index in [0.29, 0.717) is 18.7 Å². The molecular weight excluding hydrogens is 292 g/mol. The van der Waals surface area contributed by atoms with Crippen molar-refractivity contribution in [2.75, 3.05) is 18.0 Å². The zero-order valence-corrected chi connectivity index (χ0v) is 13.3. The van der Waals surface area contributed by atoms with Gasteiger partial charge in [0.05, 0.1) is 23.8 Å². The summed E-state index contributed by atoms with van der Waals surface area (Å²) in [4.78, 5) is 9.98. The molecule has 1 saturated heterocycles. The molecule has 1 atom stereocenters. The number of hydrogen-bond acceptors (Lipinski definition) is 5. The van der Waals surface area contributed by atoms with Crippen LogP contribution in [0.25, 0.3) is 11.0 Å². The molecule has 7 heteroatoms. The molecule has 23 heavy (non-hydrogen) atoms. The van der Waals surface area contributed by atoms with Crippen LogP contribution in [0, 0.1) is 0 Å². The van der Waals surface area contributed by atoms with E-state index in [-0.39, 0.29) is 6.04 Å². The van der Waals surface area contributed by atoms with E-state index in [1.54, 1.807) is 4.68 Å². The molecule has 2 N–H and O–H groups in total. The molecule has 1 aliphatic rings. The van der Waals surface area contributed by atoms with Crippen molar-refractivity contribution in [3.8, 4) is 0 Å². The number of fused-ring (bicyclic) bond motifs is 1. The third-order valence-electron chi connectivity index (χ3n) is 4.44. The Balaban J connectivity index is 1.59. The number of aliphatic hydroxyl groups is 1. The number of benzene rings is 1. The third-order valence-corrected chi connectivity index (χ3v) is 4.44. The number of imidazole rings is 1. The molecular formula is C16H20N6O. The Morgan fingerprint density at radius 3 is 2.87 bits per heavy atom. The maximum atomic E-state index is 11.0. The highest BCUT2D eigenvalue weighted by molar-refractivity contribution is 5.77. The van der Waals surface area contributed by atoms with Crippen LogP contribution >= 0.6 is 0 Å². The quantitative estimate of drug-likeness (QED) is 0.771. The standard InChI is InChI=1S/C16H20N6O/c1-11(2)22-9-14(19-20-22)16(23)7-8-21(10-16)15-17-12-5-3-4-6-13(12)18-15/h3-6,9,11,23H,7-8,10H2,1-2H3,(H,17,18). The molecule has 7 nitrogen and oxygen atoms in total. The Kier molecular flexibility index (Phi) is 3.12. The minimum Gasteiger partial charge on any atom is -0.381 e. The van der Waals surface area contributed by atoms with Crippen LogP contribution in [0.5, 0.6) is 0 Å². The van der Waals surface area contributed by atoms with Crippen molar-refractivity contribution >= 4 is 17.0 Å². The molecule has 1 unspecified atom stereocenters. The lowest BCUT2D eigenvalue weighted by molar-refractivity contribution is 0.0558. The number of anilines is 1. The van der Waals surface area contributed by atoms with Gasteiger partial charge in [0, 0.05) is 19.0 Å². The van der Waals surface area contributed by atoms with Gasteiger partial charge in [-0.1, -0.05) is 17.3 Å². The lowest BCUT2D eigenvalue weighted by Gasteiger charge is -2.20. The maximum absolute atomic E-state index is 11.0. The van der Waals surface area contributed by atoms with Crippen LogP contribution in [0.3, 0.4) is 0 Å². The van der Waals surface area contributed by atoms with Crippen molar-refractivity contribution in [3.05, 3.63) is 36.2 Å². The molecule has 1 aromatic carbocycles. The van der Waals surface area contributed by atoms with Gasteiger partial charge in [0.15, 0.2) is 0 Å². The average Bonchev–Trinajstić information content (AvgIpc) is 3.24. The molecule has 1 fully saturated rings. The van der Waals surface area contributed by atoms with Crippen LogP contribution in [0.4, 0.5) is 5.95 Å². The maximum Gasteiger partial charge on any atom is 0.203 e. The van der Waals surface area contributed by atoms with Gasteiger partial charge in [0.2, 0.25) is 5.95 Å². The Bertz CT molecular complexity index is 805. The van der Waals surface area contributed by atoms with Crippen molar-refractivity contribution in [2.45, 2.75) is 31.9 Å². The van der Waals surface area contributed by atoms with Gasteiger partial charge < -0.3 is 15.0 Å². The first-order valence-corrected chi connectivity index (χ1v) is 7.89. The number of hydrogen-bond donors (Lipinski definition) is 2. The molecule has 4 rings (SSSR count). The monoisotopic (exact) mass is 312 g/mol. The van der Waals surface area contributed by atoms with E-state index in [2.05, 4.69) is 25.2 Å². The first kappa shape index (κ1) is 14.2. The number of β-amino-alcohol motifs (C(OH)–C–C–N with tert-alkyl or cyclic N) is 1. The number of rotatable bonds is 3. The van der Waals surface area contributed by atoms with Crippen molar-refractivity contribution in [2.24, 2.45) is 0 Å². The second-order valence-corrected chi connectivity index (χ2v) is 6.46. The molecule has 3 aromatic rings. The summed E-state index contributed by atoms with van der Waals surface area (Å²) in [5.41, 5.74) is 1.59. The van der Waals surface area contributed by atoms with E-state index in [9.17, 15) is 5.11 Å². The van der Waals surface area contributed by atoms with Crippen LogP contribution in [-0.4, -0.2) is 43.2 Å². The summed E-state index contributed by atoms with van der Waals surface area (Å²) in [5, 5.41) is 19.2. The van der Waals surface area contributed by atoms with Crippen molar-refractivity contribution < 1.29 is 5.11 Å². The van der Waals surface area contributed by atoms with E-state index in [4.69, 9.17) is 0 Å². The largest absolute Gasteiger partial charge is 0.381 e. The predicted octanol–water partition coefficient (Wildman–Crippen LogP) is 1.83. The van der Waals surface area contributed by atoms with Crippen molar-refractivity contribution in [1.82, 2.24) is 25.0 Å². The number of nitrogens with one attached hydrogen (secondary N) is 1. The molecule has 0 radical (unpaired) electrons. The Morgan fingerprint density at radius 1 is 1.30 bits per heavy atom. The van der Waals surface area contributed by atoms with E-state index in [1.807, 2.05) is 44.3 Å². The van der Waals surface area contributed by atoms with Crippen LogP contribution < -0.4 is 4.90 Å². The van der Waals surface area contributed by atoms with Gasteiger partial charge in [-0.25, -0.2) is 9.67 Å². The molecule has 3 heterocycles. The Labute approximate surface area is 133 Å². The fraction of sp³-hybridized carbons (Fsp3) is 0.438. The topological polar surface area (TPSA) is 82.9 Å². The molecule has 120 valence electrons. The summed E-state index contributed by atoms with van der Waals surface area (Å²) in [5.74, 6) is 0.790. The van der Waals surface area contributed by atoms with Crippen LogP contribution in [0.1, 0.15) is 32.0 Å². The van der Waals surface area contributed by atoms with Crippen LogP contribution in [0.15, 0.2) is 30.5 Å². The first-order chi connectivity index (χ1) is 11.0. The molecule has 0 bridgehead atoms. The number of H-pyrrole nitrogens is 1. The summed E-state index contributed by atoms with van der Waals surface area (Å²) in [6, 6.07) is 8.16. The Hall–Kier alpha value is -2.41. The number of aromatic nitrogens is 5. The molecule has 0 spiro atoms. The summed E-state index contributed by atoms with van der Waals surface area (Å²) in [6.45, 7) is 5.27. The van der Waals surface area contributed by atoms with Gasteiger partial charge >= 0.3 is 0 Å². The van der Waals surface area contributed by atoms with E-state index in [1.165, 1.54) is 0 Å². The SMILES string of the molecule is CC(C)n1cc(C2(O)CCN(c3nc4ccccc4[nH]3)C2)nn1. The summed E-state index contributed by atoms with van der Waals surface area (Å²) in [6.07, 6.45) is 2.45. The zero-order valence-electron chi connectivity index (χ0n) is 13.3. The summed E-state index contributed by atoms with van der Waals surface area (Å²) >= 11 is 0. The summed E-state index contributed by atoms with van der Waals surface area (Å²) in [7, 11) is 0. The highest BCUT2D eigenvalue weighted by Crippen LogP contribution is 2.33. The van der Waals surface area contributed by atoms with Crippen LogP contribution in [-0.2, 0) is 5.60 Å². The highest BCUT2D eigenvalue weighted by atomic mass is 16.3. The van der Waals surface area contributed by atoms with E-state index < -0.39 is 5.60 Å². The fourth-order valence-electron chi connectivity index (χ4n) is 3.02. The number of nitrogens with zero attached hydrogens (tertiary/aromatic N) is 5. The Morgan fingerprint density at radius 2 is 2.13 bits per heavy atom. The lowest BCUT2D eigenvalue weighted by Crippen LogP contribution is -2.31. The van der Waals surface area contributed by atoms with Crippen molar-refractivity contribution in [3.63, 3.8) is 0 Å². The average molecular weight is 312 g/mol. The van der Waals surface area contributed by atoms with Gasteiger partial charge in [-0.3, -0.25) is 0 Å². The van der Waals surface area contributed by atoms with Gasteiger partial charge in [0.1, 0.15) is 11.3 Å². The first-order valence-electron chi connectivity index (χ1n) is 7.89. The summed E-state index contributed by atoms with van der Waals surface area (Å²) < 4.78 is 1.77. The normalized spacial score (nSPS) is 21.7. The van der Waals surface area contributed by atoms with E-state index >= 15 is 0 Å². The van der Waals surface area contributed by atoms with Gasteiger partial charge in [-0.2, -0.15) is 0 Å².